The van der Waals surface area contributed by atoms with Gasteiger partial charge < -0.3 is 33.6 Å². The molecule has 0 aliphatic heterocycles. The Morgan fingerprint density at radius 1 is 0.600 bits per heavy atom. The van der Waals surface area contributed by atoms with Crippen LogP contribution in [0.4, 0.5) is 0 Å². The van der Waals surface area contributed by atoms with Gasteiger partial charge in [0, 0.05) is 12.8 Å². The van der Waals surface area contributed by atoms with Gasteiger partial charge in [-0.1, -0.05) is 148 Å². The van der Waals surface area contributed by atoms with Gasteiger partial charge in [-0.05, 0) is 38.5 Å². The number of ether oxygens (including phenoxy) is 2. The lowest BCUT2D eigenvalue weighted by Gasteiger charge is -2.26. The van der Waals surface area contributed by atoms with E-state index in [9.17, 15) is 24.2 Å². The predicted molar refractivity (Wildman–Crippen MR) is 199 cm³/mol. The SMILES string of the molecule is CCCCCC/C=C\CCCCCCCC(=O)O[C@H](COC(=O)CCCCCCCCCCCCCCCC)COP(=O)([O-])OC[C@@H](O)CO. The Labute approximate surface area is 305 Å². The molecule has 11 heteroatoms. The molecule has 0 radical (unpaired) electrons. The summed E-state index contributed by atoms with van der Waals surface area (Å²) in [6.07, 6.45) is 31.5. The summed E-state index contributed by atoms with van der Waals surface area (Å²) in [5.74, 6) is -0.964. The zero-order valence-corrected chi connectivity index (χ0v) is 32.7. The molecule has 2 N–H and O–H groups in total. The summed E-state index contributed by atoms with van der Waals surface area (Å²) in [5, 5.41) is 18.2. The van der Waals surface area contributed by atoms with Gasteiger partial charge in [0.05, 0.1) is 19.8 Å². The lowest BCUT2D eigenvalue weighted by molar-refractivity contribution is -0.230. The van der Waals surface area contributed by atoms with Crippen molar-refractivity contribution in [1.82, 2.24) is 0 Å². The first-order chi connectivity index (χ1) is 24.2. The largest absolute Gasteiger partial charge is 0.756 e. The molecule has 0 fully saturated rings. The van der Waals surface area contributed by atoms with Crippen molar-refractivity contribution in [3.63, 3.8) is 0 Å². The zero-order chi connectivity index (χ0) is 37.0. The van der Waals surface area contributed by atoms with Gasteiger partial charge in [-0.25, -0.2) is 0 Å². The Balaban J connectivity index is 4.33. The average molecular weight is 734 g/mol. The summed E-state index contributed by atoms with van der Waals surface area (Å²) in [7, 11) is -4.86. The van der Waals surface area contributed by atoms with Crippen molar-refractivity contribution in [2.45, 2.75) is 199 Å². The second kappa shape index (κ2) is 36.1. The monoisotopic (exact) mass is 734 g/mol. The van der Waals surface area contributed by atoms with Crippen molar-refractivity contribution >= 4 is 19.8 Å². The quantitative estimate of drug-likeness (QED) is 0.0272. The predicted octanol–water partition coefficient (Wildman–Crippen LogP) is 9.42. The summed E-state index contributed by atoms with van der Waals surface area (Å²) >= 11 is 0. The number of carbonyl (C=O) groups excluding carboxylic acids is 2. The van der Waals surface area contributed by atoms with Gasteiger partial charge in [0.2, 0.25) is 0 Å². The molecule has 0 saturated heterocycles. The van der Waals surface area contributed by atoms with E-state index in [-0.39, 0.29) is 19.4 Å². The van der Waals surface area contributed by atoms with Crippen LogP contribution in [0.2, 0.25) is 0 Å². The van der Waals surface area contributed by atoms with Gasteiger partial charge in [0.15, 0.2) is 6.10 Å². The van der Waals surface area contributed by atoms with Crippen LogP contribution >= 0.6 is 7.82 Å². The molecule has 0 aromatic rings. The fraction of sp³-hybridized carbons (Fsp3) is 0.897. The van der Waals surface area contributed by atoms with Crippen LogP contribution in [0.25, 0.3) is 0 Å². The Bertz CT molecular complexity index is 853. The molecule has 296 valence electrons. The molecule has 0 rings (SSSR count). The highest BCUT2D eigenvalue weighted by molar-refractivity contribution is 7.45. The minimum atomic E-state index is -4.86. The average Bonchev–Trinajstić information content (AvgIpc) is 3.10. The number of rotatable bonds is 38. The molecule has 0 amide bonds. The highest BCUT2D eigenvalue weighted by Gasteiger charge is 2.21. The van der Waals surface area contributed by atoms with E-state index in [1.54, 1.807) is 0 Å². The molecule has 0 heterocycles. The van der Waals surface area contributed by atoms with Gasteiger partial charge in [0.1, 0.15) is 12.7 Å². The van der Waals surface area contributed by atoms with Crippen LogP contribution in [0.15, 0.2) is 12.2 Å². The number of unbranched alkanes of at least 4 members (excludes halogenated alkanes) is 22. The summed E-state index contributed by atoms with van der Waals surface area (Å²) in [4.78, 5) is 37.0. The van der Waals surface area contributed by atoms with Crippen LogP contribution in [-0.4, -0.2) is 60.8 Å². The van der Waals surface area contributed by atoms with Gasteiger partial charge in [-0.3, -0.25) is 14.2 Å². The van der Waals surface area contributed by atoms with Crippen LogP contribution in [0.3, 0.4) is 0 Å². The third-order valence-corrected chi connectivity index (χ3v) is 9.59. The number of allylic oxidation sites excluding steroid dienone is 2. The smallest absolute Gasteiger partial charge is 0.306 e. The molecule has 10 nitrogen and oxygen atoms in total. The van der Waals surface area contributed by atoms with E-state index >= 15 is 0 Å². The molecule has 0 saturated carbocycles. The fourth-order valence-electron chi connectivity index (χ4n) is 5.51. The number of esters is 2. The molecular formula is C39H74O10P-. The van der Waals surface area contributed by atoms with Crippen molar-refractivity contribution < 1.29 is 47.8 Å². The van der Waals surface area contributed by atoms with E-state index in [1.165, 1.54) is 89.9 Å². The number of aliphatic hydroxyl groups excluding tert-OH is 2. The number of hydrogen-bond acceptors (Lipinski definition) is 10. The van der Waals surface area contributed by atoms with E-state index in [4.69, 9.17) is 19.1 Å². The summed E-state index contributed by atoms with van der Waals surface area (Å²) in [5.41, 5.74) is 0. The van der Waals surface area contributed by atoms with Gasteiger partial charge in [0.25, 0.3) is 7.82 Å². The van der Waals surface area contributed by atoms with E-state index in [0.717, 1.165) is 57.8 Å². The van der Waals surface area contributed by atoms with Gasteiger partial charge >= 0.3 is 11.9 Å². The van der Waals surface area contributed by atoms with Crippen LogP contribution in [0.5, 0.6) is 0 Å². The number of hydrogen-bond donors (Lipinski definition) is 2. The highest BCUT2D eigenvalue weighted by Crippen LogP contribution is 2.38. The van der Waals surface area contributed by atoms with Crippen LogP contribution in [0.1, 0.15) is 187 Å². The van der Waals surface area contributed by atoms with Crippen LogP contribution in [-0.2, 0) is 32.7 Å². The molecule has 0 aromatic heterocycles. The molecule has 0 bridgehead atoms. The molecule has 0 aromatic carbocycles. The van der Waals surface area contributed by atoms with E-state index in [1.807, 2.05) is 0 Å². The fourth-order valence-corrected chi connectivity index (χ4v) is 6.29. The number of aliphatic hydroxyl groups is 2. The van der Waals surface area contributed by atoms with E-state index < -0.39 is 51.8 Å². The first-order valence-corrected chi connectivity index (χ1v) is 21.6. The maximum atomic E-state index is 12.5. The molecule has 0 aliphatic carbocycles. The van der Waals surface area contributed by atoms with Crippen molar-refractivity contribution in [3.8, 4) is 0 Å². The topological polar surface area (TPSA) is 152 Å². The van der Waals surface area contributed by atoms with Gasteiger partial charge in [-0.2, -0.15) is 0 Å². The Kier molecular flexibility index (Phi) is 35.2. The highest BCUT2D eigenvalue weighted by atomic mass is 31.2. The minimum Gasteiger partial charge on any atom is -0.756 e. The van der Waals surface area contributed by atoms with Crippen LogP contribution < -0.4 is 4.89 Å². The number of phosphoric ester groups is 1. The molecule has 1 unspecified atom stereocenters. The lowest BCUT2D eigenvalue weighted by atomic mass is 10.0. The number of carbonyl (C=O) groups is 2. The van der Waals surface area contributed by atoms with Crippen molar-refractivity contribution in [1.29, 1.82) is 0 Å². The first kappa shape index (κ1) is 48.7. The van der Waals surface area contributed by atoms with Crippen LogP contribution in [0, 0.1) is 0 Å². The molecular weight excluding hydrogens is 659 g/mol. The van der Waals surface area contributed by atoms with E-state index in [2.05, 4.69) is 30.5 Å². The third-order valence-electron chi connectivity index (χ3n) is 8.66. The van der Waals surface area contributed by atoms with E-state index in [0.29, 0.717) is 12.8 Å². The Morgan fingerprint density at radius 3 is 1.48 bits per heavy atom. The molecule has 50 heavy (non-hydrogen) atoms. The van der Waals surface area contributed by atoms with Crippen molar-refractivity contribution in [3.05, 3.63) is 12.2 Å². The second-order valence-electron chi connectivity index (χ2n) is 13.6. The standard InChI is InChI=1S/C39H75O10P/c1-3-5-7-9-11-13-15-17-19-20-22-24-26-28-30-38(42)46-34-37(35-48-50(44,45)47-33-36(41)32-40)49-39(43)31-29-27-25-23-21-18-16-14-12-10-8-6-4-2/h14,16,36-37,40-41H,3-13,15,17-35H2,1-2H3,(H,44,45)/p-1/b16-14-/t36-,37+/m0/s1. The zero-order valence-electron chi connectivity index (χ0n) is 31.8. The normalized spacial score (nSPS) is 14.1. The molecule has 0 aliphatic rings. The molecule has 0 spiro atoms. The summed E-state index contributed by atoms with van der Waals surface area (Å²) < 4.78 is 32.2. The summed E-state index contributed by atoms with van der Waals surface area (Å²) in [6.45, 7) is 2.18. The Hall–Kier alpha value is -1.29. The summed E-state index contributed by atoms with van der Waals surface area (Å²) in [6, 6.07) is 0. The maximum absolute atomic E-state index is 12.5. The lowest BCUT2D eigenvalue weighted by Crippen LogP contribution is -2.30. The second-order valence-corrected chi connectivity index (χ2v) is 15.1. The maximum Gasteiger partial charge on any atom is 0.306 e. The van der Waals surface area contributed by atoms with Gasteiger partial charge in [-0.15, -0.1) is 0 Å². The minimum absolute atomic E-state index is 0.162. The Morgan fingerprint density at radius 2 is 1.00 bits per heavy atom. The first-order valence-electron chi connectivity index (χ1n) is 20.1. The molecule has 3 atom stereocenters. The third kappa shape index (κ3) is 35.1. The number of phosphoric acid groups is 1. The van der Waals surface area contributed by atoms with Crippen molar-refractivity contribution in [2.75, 3.05) is 26.4 Å². The van der Waals surface area contributed by atoms with Crippen molar-refractivity contribution in [2.24, 2.45) is 0 Å².